The minimum absolute atomic E-state index is 0.0110. The van der Waals surface area contributed by atoms with Crippen molar-refractivity contribution in [1.82, 2.24) is 0 Å². The molecule has 0 fully saturated rings. The van der Waals surface area contributed by atoms with Gasteiger partial charge in [0.1, 0.15) is 11.6 Å². The van der Waals surface area contributed by atoms with Crippen LogP contribution in [0, 0.1) is 12.7 Å². The van der Waals surface area contributed by atoms with Crippen LogP contribution in [-0.4, -0.2) is 18.8 Å². The highest BCUT2D eigenvalue weighted by atomic mass is 35.5. The number of nitrogens with two attached hydrogens (primary N) is 1. The second-order valence-electron chi connectivity index (χ2n) is 5.05. The van der Waals surface area contributed by atoms with Crippen LogP contribution >= 0.6 is 11.6 Å². The van der Waals surface area contributed by atoms with Crippen LogP contribution in [0.3, 0.4) is 0 Å². The Labute approximate surface area is 138 Å². The lowest BCUT2D eigenvalue weighted by Crippen LogP contribution is -2.13. The molecule has 0 saturated heterocycles. The van der Waals surface area contributed by atoms with Gasteiger partial charge in [-0.05, 0) is 43.2 Å². The van der Waals surface area contributed by atoms with Crippen molar-refractivity contribution >= 4 is 23.3 Å². The summed E-state index contributed by atoms with van der Waals surface area (Å²) in [5, 5.41) is 0.339. The quantitative estimate of drug-likeness (QED) is 0.865. The number of halogens is 2. The molecular weight excluding hydrogens is 321 g/mol. The monoisotopic (exact) mass is 335 g/mol. The number of carbonyl (C=O) groups is 2. The van der Waals surface area contributed by atoms with Crippen LogP contribution in [0.4, 0.5) is 4.39 Å². The van der Waals surface area contributed by atoms with Crippen molar-refractivity contribution in [2.75, 3.05) is 7.11 Å². The van der Waals surface area contributed by atoms with Gasteiger partial charge < -0.3 is 10.5 Å². The summed E-state index contributed by atoms with van der Waals surface area (Å²) in [4.78, 5) is 23.5. The topological polar surface area (TPSA) is 69.4 Å². The van der Waals surface area contributed by atoms with Crippen molar-refractivity contribution in [3.63, 3.8) is 0 Å². The molecule has 0 aliphatic rings. The number of methoxy groups -OCH3 is 1. The maximum Gasteiger partial charge on any atom is 0.249 e. The van der Waals surface area contributed by atoms with Gasteiger partial charge in [-0.2, -0.15) is 0 Å². The Morgan fingerprint density at radius 2 is 1.87 bits per heavy atom. The van der Waals surface area contributed by atoms with Gasteiger partial charge in [0.2, 0.25) is 5.91 Å². The molecule has 6 heteroatoms. The molecule has 2 aromatic carbocycles. The van der Waals surface area contributed by atoms with E-state index in [4.69, 9.17) is 22.1 Å². The largest absolute Gasteiger partial charge is 0.495 e. The van der Waals surface area contributed by atoms with Gasteiger partial charge in [-0.25, -0.2) is 4.39 Å². The number of ketones is 1. The van der Waals surface area contributed by atoms with E-state index in [1.807, 2.05) is 0 Å². The summed E-state index contributed by atoms with van der Waals surface area (Å²) in [5.41, 5.74) is 7.02. The lowest BCUT2D eigenvalue weighted by Gasteiger charge is -2.18. The molecule has 0 atom stereocenters. The van der Waals surface area contributed by atoms with Crippen LogP contribution in [0.5, 0.6) is 5.75 Å². The Morgan fingerprint density at radius 1 is 1.22 bits per heavy atom. The molecule has 1 amide bonds. The number of rotatable bonds is 4. The van der Waals surface area contributed by atoms with E-state index in [2.05, 4.69) is 0 Å². The molecule has 23 heavy (non-hydrogen) atoms. The Balaban J connectivity index is 2.93. The molecule has 0 unspecified atom stereocenters. The van der Waals surface area contributed by atoms with Crippen molar-refractivity contribution in [3.05, 3.63) is 51.8 Å². The zero-order valence-corrected chi connectivity index (χ0v) is 13.6. The summed E-state index contributed by atoms with van der Waals surface area (Å²) in [6, 6.07) is 5.18. The van der Waals surface area contributed by atoms with Gasteiger partial charge >= 0.3 is 0 Å². The fourth-order valence-corrected chi connectivity index (χ4v) is 2.66. The van der Waals surface area contributed by atoms with Gasteiger partial charge in [0.05, 0.1) is 12.7 Å². The molecule has 0 heterocycles. The number of benzene rings is 2. The zero-order valence-electron chi connectivity index (χ0n) is 12.9. The fourth-order valence-electron chi connectivity index (χ4n) is 2.46. The predicted molar refractivity (Wildman–Crippen MR) is 86.7 cm³/mol. The normalized spacial score (nSPS) is 10.5. The number of hydrogen-bond donors (Lipinski definition) is 1. The van der Waals surface area contributed by atoms with Crippen LogP contribution in [0.1, 0.15) is 33.2 Å². The molecule has 0 aliphatic carbocycles. The Bertz CT molecular complexity index is 818. The van der Waals surface area contributed by atoms with Crippen LogP contribution in [0.2, 0.25) is 5.02 Å². The summed E-state index contributed by atoms with van der Waals surface area (Å²) >= 11 is 6.21. The number of hydrogen-bond acceptors (Lipinski definition) is 3. The van der Waals surface area contributed by atoms with Gasteiger partial charge in [-0.15, -0.1) is 0 Å². The predicted octanol–water partition coefficient (Wildman–Crippen LogP) is 3.76. The molecule has 4 nitrogen and oxygen atoms in total. The highest BCUT2D eigenvalue weighted by molar-refractivity contribution is 6.32. The maximum atomic E-state index is 13.5. The van der Waals surface area contributed by atoms with E-state index in [0.717, 1.165) is 6.07 Å². The summed E-state index contributed by atoms with van der Waals surface area (Å²) in [6.07, 6.45) is 0. The van der Waals surface area contributed by atoms with E-state index in [0.29, 0.717) is 21.7 Å². The molecule has 0 radical (unpaired) electrons. The number of ether oxygens (including phenoxy) is 1. The average Bonchev–Trinajstić information content (AvgIpc) is 2.49. The standard InChI is InChI=1S/C17H15ClFNO3/c1-8-14(18)7-12(9(2)21)16(23-3)15(8)11-5-4-10(19)6-13(11)17(20)22/h4-7H,1-3H3,(H2,20,22). The summed E-state index contributed by atoms with van der Waals surface area (Å²) in [5.74, 6) is -1.35. The lowest BCUT2D eigenvalue weighted by molar-refractivity contribution is 0.0996. The van der Waals surface area contributed by atoms with Gasteiger partial charge in [-0.3, -0.25) is 9.59 Å². The third kappa shape index (κ3) is 3.05. The fraction of sp³-hybridized carbons (Fsp3) is 0.176. The van der Waals surface area contributed by atoms with E-state index < -0.39 is 11.7 Å². The average molecular weight is 336 g/mol. The molecule has 0 aliphatic heterocycles. The molecule has 0 spiro atoms. The molecule has 0 saturated carbocycles. The highest BCUT2D eigenvalue weighted by Crippen LogP contribution is 2.41. The second-order valence-corrected chi connectivity index (χ2v) is 5.46. The molecule has 0 bridgehead atoms. The minimum atomic E-state index is -0.787. The number of carbonyl (C=O) groups excluding carboxylic acids is 2. The highest BCUT2D eigenvalue weighted by Gasteiger charge is 2.23. The van der Waals surface area contributed by atoms with E-state index in [1.54, 1.807) is 6.92 Å². The van der Waals surface area contributed by atoms with Crippen molar-refractivity contribution in [1.29, 1.82) is 0 Å². The van der Waals surface area contributed by atoms with E-state index in [9.17, 15) is 14.0 Å². The van der Waals surface area contributed by atoms with Crippen LogP contribution in [0.25, 0.3) is 11.1 Å². The third-order valence-electron chi connectivity index (χ3n) is 3.58. The van der Waals surface area contributed by atoms with E-state index in [1.165, 1.54) is 32.2 Å². The van der Waals surface area contributed by atoms with Crippen LogP contribution in [-0.2, 0) is 0 Å². The van der Waals surface area contributed by atoms with Crippen molar-refractivity contribution in [2.24, 2.45) is 5.73 Å². The van der Waals surface area contributed by atoms with Gasteiger partial charge in [0.25, 0.3) is 0 Å². The Hall–Kier alpha value is -2.40. The van der Waals surface area contributed by atoms with Gasteiger partial charge in [0.15, 0.2) is 5.78 Å². The summed E-state index contributed by atoms with van der Waals surface area (Å²) in [6.45, 7) is 3.10. The molecule has 2 rings (SSSR count). The number of Topliss-reactive ketones (excluding diaryl/α,β-unsaturated/α-hetero) is 1. The lowest BCUT2D eigenvalue weighted by atomic mass is 9.91. The first-order chi connectivity index (χ1) is 10.8. The zero-order chi connectivity index (χ0) is 17.3. The SMILES string of the molecule is COc1c(C(C)=O)cc(Cl)c(C)c1-c1ccc(F)cc1C(N)=O. The maximum absolute atomic E-state index is 13.5. The van der Waals surface area contributed by atoms with Crippen molar-refractivity contribution in [2.45, 2.75) is 13.8 Å². The number of amides is 1. The summed E-state index contributed by atoms with van der Waals surface area (Å²) < 4.78 is 18.8. The first kappa shape index (κ1) is 17.0. The van der Waals surface area contributed by atoms with E-state index in [-0.39, 0.29) is 22.7 Å². The Kier molecular flexibility index (Phi) is 4.71. The Morgan fingerprint density at radius 3 is 2.39 bits per heavy atom. The number of primary amides is 1. The second kappa shape index (κ2) is 6.38. The van der Waals surface area contributed by atoms with Gasteiger partial charge in [0, 0.05) is 16.1 Å². The summed E-state index contributed by atoms with van der Waals surface area (Å²) in [7, 11) is 1.41. The van der Waals surface area contributed by atoms with Gasteiger partial charge in [-0.1, -0.05) is 17.7 Å². The third-order valence-corrected chi connectivity index (χ3v) is 3.97. The first-order valence-corrected chi connectivity index (χ1v) is 7.13. The smallest absolute Gasteiger partial charge is 0.249 e. The molecule has 2 aromatic rings. The molecule has 120 valence electrons. The van der Waals surface area contributed by atoms with Crippen LogP contribution in [0.15, 0.2) is 24.3 Å². The molecular formula is C17H15ClFNO3. The minimum Gasteiger partial charge on any atom is -0.495 e. The molecule has 2 N–H and O–H groups in total. The van der Waals surface area contributed by atoms with Crippen molar-refractivity contribution in [3.8, 4) is 16.9 Å². The van der Waals surface area contributed by atoms with Crippen LogP contribution < -0.4 is 10.5 Å². The van der Waals surface area contributed by atoms with E-state index >= 15 is 0 Å². The van der Waals surface area contributed by atoms with Crippen molar-refractivity contribution < 1.29 is 18.7 Å². The molecule has 0 aromatic heterocycles. The first-order valence-electron chi connectivity index (χ1n) is 6.75.